The van der Waals surface area contributed by atoms with Crippen molar-refractivity contribution in [2.45, 2.75) is 19.8 Å². The highest BCUT2D eigenvalue weighted by atomic mass is 32.2. The van der Waals surface area contributed by atoms with Gasteiger partial charge in [-0.25, -0.2) is 8.42 Å². The number of benzene rings is 2. The number of carbonyl (C=O) groups excluding carboxylic acids is 1. The fourth-order valence-electron chi connectivity index (χ4n) is 2.90. The van der Waals surface area contributed by atoms with Crippen molar-refractivity contribution in [1.82, 2.24) is 0 Å². The van der Waals surface area contributed by atoms with Gasteiger partial charge in [-0.3, -0.25) is 9.52 Å². The highest BCUT2D eigenvalue weighted by molar-refractivity contribution is 7.95. The third kappa shape index (κ3) is 4.09. The molecule has 0 aromatic heterocycles. The zero-order valence-electron chi connectivity index (χ0n) is 14.0. The smallest absolute Gasteiger partial charge is 0.255 e. The van der Waals surface area contributed by atoms with E-state index in [1.54, 1.807) is 29.2 Å². The number of sulfonamides is 1. The maximum absolute atomic E-state index is 12.3. The molecule has 0 bridgehead atoms. The molecule has 2 aromatic carbocycles. The highest BCUT2D eigenvalue weighted by Crippen LogP contribution is 2.30. The van der Waals surface area contributed by atoms with Crippen LogP contribution in [-0.4, -0.2) is 20.9 Å². The Hall–Kier alpha value is -2.60. The van der Waals surface area contributed by atoms with Crippen LogP contribution >= 0.6 is 0 Å². The predicted molar refractivity (Wildman–Crippen MR) is 101 cm³/mol. The molecule has 1 amide bonds. The average molecular weight is 356 g/mol. The summed E-state index contributed by atoms with van der Waals surface area (Å²) in [4.78, 5) is 13.7. The van der Waals surface area contributed by atoms with Gasteiger partial charge in [-0.05, 0) is 48.7 Å². The van der Waals surface area contributed by atoms with E-state index in [4.69, 9.17) is 0 Å². The molecule has 25 heavy (non-hydrogen) atoms. The van der Waals surface area contributed by atoms with E-state index in [0.717, 1.165) is 22.2 Å². The van der Waals surface area contributed by atoms with Crippen LogP contribution < -0.4 is 9.62 Å². The Balaban J connectivity index is 1.79. The normalized spacial score (nSPS) is 14.6. The Kier molecular flexibility index (Phi) is 4.90. The number of anilines is 2. The van der Waals surface area contributed by atoms with Crippen molar-refractivity contribution in [3.05, 3.63) is 65.1 Å². The van der Waals surface area contributed by atoms with Crippen LogP contribution in [0.4, 0.5) is 11.4 Å². The van der Waals surface area contributed by atoms with Crippen LogP contribution in [0.2, 0.25) is 0 Å². The minimum Gasteiger partial charge on any atom is -0.312 e. The molecule has 0 unspecified atom stereocenters. The minimum absolute atomic E-state index is 0.106. The molecule has 5 nitrogen and oxygen atoms in total. The van der Waals surface area contributed by atoms with Gasteiger partial charge in [0.25, 0.3) is 10.0 Å². The lowest BCUT2D eigenvalue weighted by molar-refractivity contribution is -0.118. The van der Waals surface area contributed by atoms with Crippen molar-refractivity contribution in [1.29, 1.82) is 0 Å². The Morgan fingerprint density at radius 2 is 1.88 bits per heavy atom. The molecule has 1 heterocycles. The number of nitrogens with zero attached hydrogens (tertiary/aromatic N) is 1. The van der Waals surface area contributed by atoms with Crippen molar-refractivity contribution in [2.24, 2.45) is 0 Å². The van der Waals surface area contributed by atoms with Gasteiger partial charge in [0.15, 0.2) is 0 Å². The first kappa shape index (κ1) is 17.2. The van der Waals surface area contributed by atoms with Gasteiger partial charge in [-0.2, -0.15) is 0 Å². The van der Waals surface area contributed by atoms with E-state index in [9.17, 15) is 13.2 Å². The second-order valence-corrected chi connectivity index (χ2v) is 7.41. The van der Waals surface area contributed by atoms with Gasteiger partial charge in [0, 0.05) is 24.3 Å². The molecule has 1 N–H and O–H groups in total. The fourth-order valence-corrected chi connectivity index (χ4v) is 3.76. The summed E-state index contributed by atoms with van der Waals surface area (Å²) >= 11 is 0. The Morgan fingerprint density at radius 3 is 2.60 bits per heavy atom. The van der Waals surface area contributed by atoms with E-state index >= 15 is 0 Å². The molecule has 2 aromatic rings. The van der Waals surface area contributed by atoms with Crippen molar-refractivity contribution < 1.29 is 13.2 Å². The second kappa shape index (κ2) is 7.11. The summed E-state index contributed by atoms with van der Waals surface area (Å²) in [7, 11) is -3.60. The standard InChI is InChI=1S/C19H20N2O3S/c1-2-21-18-10-9-17(14-16(18)8-11-19(21)22)20-25(23,24)13-12-15-6-4-3-5-7-15/h3-7,9-10,12-14,20H,2,8,11H2,1H3/b13-12+. The molecule has 1 aliphatic heterocycles. The number of hydrogen-bond acceptors (Lipinski definition) is 3. The maximum Gasteiger partial charge on any atom is 0.255 e. The van der Waals surface area contributed by atoms with E-state index < -0.39 is 10.0 Å². The van der Waals surface area contributed by atoms with Gasteiger partial charge in [-0.15, -0.1) is 0 Å². The largest absolute Gasteiger partial charge is 0.312 e. The van der Waals surface area contributed by atoms with Crippen molar-refractivity contribution in [3.63, 3.8) is 0 Å². The third-order valence-corrected chi connectivity index (χ3v) is 5.11. The molecule has 0 saturated carbocycles. The summed E-state index contributed by atoms with van der Waals surface area (Å²) in [6, 6.07) is 14.5. The minimum atomic E-state index is -3.60. The Bertz CT molecular complexity index is 906. The van der Waals surface area contributed by atoms with Crippen molar-refractivity contribution >= 4 is 33.4 Å². The SMILES string of the molecule is CCN1C(=O)CCc2cc(NS(=O)(=O)/C=C/c3ccccc3)ccc21. The first-order chi connectivity index (χ1) is 12.0. The van der Waals surface area contributed by atoms with Gasteiger partial charge in [0.05, 0.1) is 5.41 Å². The van der Waals surface area contributed by atoms with Crippen molar-refractivity contribution in [2.75, 3.05) is 16.2 Å². The van der Waals surface area contributed by atoms with Crippen LogP contribution in [0.25, 0.3) is 6.08 Å². The number of fused-ring (bicyclic) bond motifs is 1. The van der Waals surface area contributed by atoms with Gasteiger partial charge in [0.1, 0.15) is 0 Å². The topological polar surface area (TPSA) is 66.5 Å². The summed E-state index contributed by atoms with van der Waals surface area (Å²) in [6.45, 7) is 2.54. The van der Waals surface area contributed by atoms with E-state index in [2.05, 4.69) is 4.72 Å². The van der Waals surface area contributed by atoms with Gasteiger partial charge < -0.3 is 4.90 Å². The van der Waals surface area contributed by atoms with Gasteiger partial charge in [-0.1, -0.05) is 30.3 Å². The van der Waals surface area contributed by atoms with Crippen LogP contribution in [0.5, 0.6) is 0 Å². The van der Waals surface area contributed by atoms with Gasteiger partial charge >= 0.3 is 0 Å². The molecule has 1 aliphatic rings. The highest BCUT2D eigenvalue weighted by Gasteiger charge is 2.23. The lowest BCUT2D eigenvalue weighted by Crippen LogP contribution is -2.34. The first-order valence-corrected chi connectivity index (χ1v) is 9.72. The van der Waals surface area contributed by atoms with Crippen LogP contribution in [-0.2, 0) is 21.2 Å². The third-order valence-electron chi connectivity index (χ3n) is 4.10. The number of nitrogens with one attached hydrogen (secondary N) is 1. The molecule has 0 fully saturated rings. The zero-order chi connectivity index (χ0) is 17.9. The molecule has 6 heteroatoms. The maximum atomic E-state index is 12.3. The van der Waals surface area contributed by atoms with E-state index in [1.807, 2.05) is 37.3 Å². The molecule has 0 aliphatic carbocycles. The van der Waals surface area contributed by atoms with Gasteiger partial charge in [0.2, 0.25) is 5.91 Å². The number of hydrogen-bond donors (Lipinski definition) is 1. The molecule has 130 valence electrons. The first-order valence-electron chi connectivity index (χ1n) is 8.18. The van der Waals surface area contributed by atoms with Crippen LogP contribution in [0.15, 0.2) is 53.9 Å². The molecule has 0 radical (unpaired) electrons. The average Bonchev–Trinajstić information content (AvgIpc) is 2.61. The molecular formula is C19H20N2O3S. The number of carbonyl (C=O) groups is 1. The summed E-state index contributed by atoms with van der Waals surface area (Å²) < 4.78 is 27.1. The molecule has 3 rings (SSSR count). The van der Waals surface area contributed by atoms with Crippen LogP contribution in [0.3, 0.4) is 0 Å². The monoisotopic (exact) mass is 356 g/mol. The Morgan fingerprint density at radius 1 is 1.12 bits per heavy atom. The van der Waals surface area contributed by atoms with Crippen LogP contribution in [0.1, 0.15) is 24.5 Å². The lowest BCUT2D eigenvalue weighted by atomic mass is 10.0. The number of aryl methyl sites for hydroxylation is 1. The van der Waals surface area contributed by atoms with Crippen LogP contribution in [0, 0.1) is 0 Å². The zero-order valence-corrected chi connectivity index (χ0v) is 14.8. The molecule has 0 atom stereocenters. The Labute approximate surface area is 148 Å². The second-order valence-electron chi connectivity index (χ2n) is 5.84. The summed E-state index contributed by atoms with van der Waals surface area (Å²) in [5.41, 5.74) is 3.16. The van der Waals surface area contributed by atoms with E-state index in [0.29, 0.717) is 25.1 Å². The summed E-state index contributed by atoms with van der Waals surface area (Å²) in [5, 5.41) is 1.16. The predicted octanol–water partition coefficient (Wildman–Crippen LogP) is 3.40. The molecule has 0 spiro atoms. The lowest BCUT2D eigenvalue weighted by Gasteiger charge is -2.28. The fraction of sp³-hybridized carbons (Fsp3) is 0.211. The summed E-state index contributed by atoms with van der Waals surface area (Å²) in [6.07, 6.45) is 2.63. The van der Waals surface area contributed by atoms with Crippen molar-refractivity contribution in [3.8, 4) is 0 Å². The molecular weight excluding hydrogens is 336 g/mol. The quantitative estimate of drug-likeness (QED) is 0.893. The number of rotatable bonds is 5. The number of amides is 1. The van der Waals surface area contributed by atoms with E-state index in [-0.39, 0.29) is 5.91 Å². The summed E-state index contributed by atoms with van der Waals surface area (Å²) in [5.74, 6) is 0.106. The van der Waals surface area contributed by atoms with E-state index in [1.165, 1.54) is 0 Å². The molecule has 0 saturated heterocycles.